The van der Waals surface area contributed by atoms with Gasteiger partial charge < -0.3 is 56.2 Å². The number of benzene rings is 1. The van der Waals surface area contributed by atoms with Crippen LogP contribution < -0.4 is 22.1 Å². The number of aromatic hydroxyl groups is 1. The first-order chi connectivity index (χ1) is 27.0. The molecule has 0 bridgehead atoms. The number of phenols is 1. The lowest BCUT2D eigenvalue weighted by molar-refractivity contribution is -0.133. The van der Waals surface area contributed by atoms with Crippen LogP contribution in [0.25, 0.3) is 0 Å². The first-order valence-corrected chi connectivity index (χ1v) is 19.5. The molecule has 17 heteroatoms. The van der Waals surface area contributed by atoms with Gasteiger partial charge in [-0.1, -0.05) is 19.1 Å². The number of aliphatic hydroxyl groups excluding tert-OH is 1. The van der Waals surface area contributed by atoms with E-state index in [1.165, 1.54) is 12.1 Å². The van der Waals surface area contributed by atoms with Crippen molar-refractivity contribution in [3.63, 3.8) is 0 Å². The minimum atomic E-state index is -0.883. The predicted molar refractivity (Wildman–Crippen MR) is 207 cm³/mol. The van der Waals surface area contributed by atoms with Crippen molar-refractivity contribution in [3.8, 4) is 11.8 Å². The molecule has 0 aliphatic carbocycles. The van der Waals surface area contributed by atoms with Gasteiger partial charge in [-0.2, -0.15) is 5.26 Å². The van der Waals surface area contributed by atoms with Crippen LogP contribution in [0.5, 0.6) is 5.75 Å². The summed E-state index contributed by atoms with van der Waals surface area (Å²) in [6.45, 7) is 7.17. The van der Waals surface area contributed by atoms with Gasteiger partial charge in [-0.15, -0.1) is 0 Å². The summed E-state index contributed by atoms with van der Waals surface area (Å²) in [7, 11) is 0. The molecule has 2 rings (SSSR count). The molecule has 1 aliphatic rings. The number of phenolic OH excluding ortho intramolecular Hbond substituents is 1. The zero-order valence-electron chi connectivity index (χ0n) is 33.1. The number of ether oxygens (including phenoxy) is 4. The number of carbonyl (C=O) groups excluding carboxylic acids is 5. The number of aliphatic hydroxyl groups is 1. The summed E-state index contributed by atoms with van der Waals surface area (Å²) in [6.07, 6.45) is 5.03. The molecule has 0 radical (unpaired) electrons. The number of nitrogens with zero attached hydrogens (tertiary/aromatic N) is 2. The van der Waals surface area contributed by atoms with E-state index < -0.39 is 30.5 Å². The highest BCUT2D eigenvalue weighted by molar-refractivity contribution is 5.90. The second-order valence-corrected chi connectivity index (χ2v) is 13.3. The van der Waals surface area contributed by atoms with Crippen molar-refractivity contribution in [1.29, 1.82) is 5.26 Å². The molecule has 0 unspecified atom stereocenters. The smallest absolute Gasteiger partial charge is 0.245 e. The maximum atomic E-state index is 12.3. The molecule has 0 saturated carbocycles. The van der Waals surface area contributed by atoms with Crippen LogP contribution >= 0.6 is 0 Å². The number of hydrogen-bond acceptors (Lipinski definition) is 14. The molecule has 8 N–H and O–H groups in total. The first-order valence-electron chi connectivity index (χ1n) is 19.5. The van der Waals surface area contributed by atoms with Gasteiger partial charge in [0.05, 0.1) is 63.7 Å². The van der Waals surface area contributed by atoms with E-state index in [1.54, 1.807) is 17.0 Å². The molecule has 1 aromatic rings. The number of Topliss-reactive ketones (excluding diaryl/α,β-unsaturated/α-hetero) is 2. The van der Waals surface area contributed by atoms with E-state index in [4.69, 9.17) is 35.7 Å². The lowest BCUT2D eigenvalue weighted by atomic mass is 9.95. The summed E-state index contributed by atoms with van der Waals surface area (Å²) < 4.78 is 20.8. The third-order valence-corrected chi connectivity index (χ3v) is 8.63. The number of likely N-dealkylation sites (tertiary alicyclic amines) is 1. The van der Waals surface area contributed by atoms with Crippen LogP contribution in [-0.2, 0) is 49.3 Å². The van der Waals surface area contributed by atoms with Crippen LogP contribution in [0, 0.1) is 17.2 Å². The van der Waals surface area contributed by atoms with Crippen molar-refractivity contribution in [1.82, 2.24) is 15.5 Å². The fraction of sp³-hybridized carbons (Fsp3) is 0.692. The van der Waals surface area contributed by atoms with Gasteiger partial charge in [0.1, 0.15) is 25.0 Å². The highest BCUT2D eigenvalue weighted by atomic mass is 16.5. The number of ketones is 2. The second-order valence-electron chi connectivity index (χ2n) is 13.3. The first kappa shape index (κ1) is 50.0. The molecule has 1 aromatic carbocycles. The van der Waals surface area contributed by atoms with Gasteiger partial charge in [-0.3, -0.25) is 24.0 Å². The van der Waals surface area contributed by atoms with Crippen molar-refractivity contribution in [2.45, 2.75) is 89.8 Å². The molecule has 316 valence electrons. The highest BCUT2D eigenvalue weighted by Crippen LogP contribution is 2.18. The summed E-state index contributed by atoms with van der Waals surface area (Å²) in [6, 6.07) is 6.80. The third-order valence-electron chi connectivity index (χ3n) is 8.63. The number of nitriles is 1. The molecule has 3 amide bonds. The quantitative estimate of drug-likeness (QED) is 0.0605. The summed E-state index contributed by atoms with van der Waals surface area (Å²) >= 11 is 0. The van der Waals surface area contributed by atoms with E-state index in [2.05, 4.69) is 16.7 Å². The molecule has 1 saturated heterocycles. The van der Waals surface area contributed by atoms with Gasteiger partial charge in [0.25, 0.3) is 0 Å². The summed E-state index contributed by atoms with van der Waals surface area (Å²) in [4.78, 5) is 61.2. The number of nitrogens with two attached hydrogens (primary N) is 2. The number of amides is 3. The Morgan fingerprint density at radius 3 is 2.25 bits per heavy atom. The van der Waals surface area contributed by atoms with Crippen LogP contribution in [-0.4, -0.2) is 142 Å². The minimum Gasteiger partial charge on any atom is -0.508 e. The second kappa shape index (κ2) is 31.1. The van der Waals surface area contributed by atoms with E-state index in [9.17, 15) is 34.2 Å². The van der Waals surface area contributed by atoms with E-state index in [0.29, 0.717) is 52.4 Å². The van der Waals surface area contributed by atoms with Gasteiger partial charge in [0.15, 0.2) is 11.6 Å². The molecule has 0 spiro atoms. The SMILES string of the molecule is CCCC(=O)COCCOCCNC(=O)[C@H](CO)CC(=O)[C@@H](N)Cc1ccc(O)cc1.CCOCCOCC(=O)NCCCC[C@H](N)C(=O)N1CCC[C@H]1C#N. The molecule has 17 nitrogen and oxygen atoms in total. The Hall–Kier alpha value is -4.02. The monoisotopic (exact) mass is 792 g/mol. The maximum absolute atomic E-state index is 12.3. The fourth-order valence-electron chi connectivity index (χ4n) is 5.48. The average Bonchev–Trinajstić information content (AvgIpc) is 3.67. The van der Waals surface area contributed by atoms with Crippen LogP contribution in [0.3, 0.4) is 0 Å². The standard InChI is InChI=1S/C22H34N2O7.C17H30N4O4/c1-2-3-19(27)15-31-11-10-30-9-8-24-22(29)17(14-25)13-21(28)20(23)12-16-4-6-18(26)7-5-16;1-2-24-10-11-25-13-16(22)20-8-4-3-7-15(19)17(23)21-9-5-6-14(21)12-18/h4-7,17,20,25-26H,2-3,8-15,23H2,1H3,(H,24,29);14-15H,2-11,13,19H2,1H3,(H,20,22)/t17-,20-;14-,15-/m00/s1. The fourth-order valence-corrected chi connectivity index (χ4v) is 5.48. The Morgan fingerprint density at radius 2 is 1.59 bits per heavy atom. The predicted octanol–water partition coefficient (Wildman–Crippen LogP) is 0.516. The lowest BCUT2D eigenvalue weighted by Gasteiger charge is -2.23. The van der Waals surface area contributed by atoms with Crippen LogP contribution in [0.15, 0.2) is 24.3 Å². The van der Waals surface area contributed by atoms with Crippen LogP contribution in [0.2, 0.25) is 0 Å². The van der Waals surface area contributed by atoms with Gasteiger partial charge in [0, 0.05) is 39.1 Å². The molecular formula is C39H64N6O11. The number of hydrogen-bond donors (Lipinski definition) is 6. The maximum Gasteiger partial charge on any atom is 0.245 e. The molecule has 4 atom stereocenters. The molecule has 1 heterocycles. The largest absolute Gasteiger partial charge is 0.508 e. The topological polar surface area (TPSA) is 266 Å². The molecule has 0 aromatic heterocycles. The van der Waals surface area contributed by atoms with Crippen molar-refractivity contribution in [2.75, 3.05) is 79.1 Å². The van der Waals surface area contributed by atoms with Crippen LogP contribution in [0.1, 0.15) is 70.8 Å². The van der Waals surface area contributed by atoms with Crippen molar-refractivity contribution in [2.24, 2.45) is 17.4 Å². The van der Waals surface area contributed by atoms with E-state index in [1.807, 2.05) is 13.8 Å². The van der Waals surface area contributed by atoms with Gasteiger partial charge in [-0.25, -0.2) is 0 Å². The third kappa shape index (κ3) is 22.5. The number of rotatable bonds is 29. The average molecular weight is 793 g/mol. The van der Waals surface area contributed by atoms with Crippen molar-refractivity contribution >= 4 is 29.3 Å². The molecular weight excluding hydrogens is 728 g/mol. The van der Waals surface area contributed by atoms with E-state index >= 15 is 0 Å². The van der Waals surface area contributed by atoms with Gasteiger partial charge >= 0.3 is 0 Å². The lowest BCUT2D eigenvalue weighted by Crippen LogP contribution is -2.45. The Labute approximate surface area is 330 Å². The minimum absolute atomic E-state index is 0.0234. The van der Waals surface area contributed by atoms with Crippen molar-refractivity contribution in [3.05, 3.63) is 29.8 Å². The summed E-state index contributed by atoms with van der Waals surface area (Å²) in [5.41, 5.74) is 12.7. The Bertz CT molecular complexity index is 1330. The zero-order valence-corrected chi connectivity index (χ0v) is 33.1. The highest BCUT2D eigenvalue weighted by Gasteiger charge is 2.31. The van der Waals surface area contributed by atoms with E-state index in [0.717, 1.165) is 37.7 Å². The van der Waals surface area contributed by atoms with Crippen molar-refractivity contribution < 1.29 is 53.1 Å². The Morgan fingerprint density at radius 1 is 0.911 bits per heavy atom. The summed E-state index contributed by atoms with van der Waals surface area (Å²) in [5.74, 6) is -1.78. The number of carbonyl (C=O) groups is 5. The Balaban J connectivity index is 0.000000573. The summed E-state index contributed by atoms with van der Waals surface area (Å²) in [5, 5.41) is 33.2. The van der Waals surface area contributed by atoms with Gasteiger partial charge in [0.2, 0.25) is 17.7 Å². The number of unbranched alkanes of at least 4 members (excludes halogenated alkanes) is 1. The molecule has 1 aliphatic heterocycles. The number of nitrogens with one attached hydrogen (secondary N) is 2. The zero-order chi connectivity index (χ0) is 41.6. The van der Waals surface area contributed by atoms with E-state index in [-0.39, 0.29) is 81.0 Å². The van der Waals surface area contributed by atoms with Crippen LogP contribution in [0.4, 0.5) is 0 Å². The Kier molecular flexibility index (Phi) is 27.8. The normalized spacial score (nSPS) is 15.1. The molecule has 1 fully saturated rings. The molecule has 56 heavy (non-hydrogen) atoms. The van der Waals surface area contributed by atoms with Gasteiger partial charge in [-0.05, 0) is 69.6 Å².